The Morgan fingerprint density at radius 1 is 1.05 bits per heavy atom. The fourth-order valence-electron chi connectivity index (χ4n) is 2.56. The molecular weight excluding hydrogens is 266 g/mol. The number of allylic oxidation sites excluding steroid dienone is 4. The van der Waals surface area contributed by atoms with Gasteiger partial charge in [0.05, 0.1) is 11.7 Å². The molecule has 1 unspecified atom stereocenters. The fraction of sp³-hybridized carbons (Fsp3) is 0.176. The lowest BCUT2D eigenvalue weighted by Gasteiger charge is -2.20. The van der Waals surface area contributed by atoms with Gasteiger partial charge in [-0.1, -0.05) is 24.3 Å². The molecule has 0 amide bonds. The molecule has 1 heterocycles. The molecule has 2 aliphatic rings. The van der Waals surface area contributed by atoms with Crippen LogP contribution in [-0.2, 0) is 0 Å². The van der Waals surface area contributed by atoms with E-state index >= 15 is 0 Å². The van der Waals surface area contributed by atoms with Gasteiger partial charge in [0.1, 0.15) is 0 Å². The second kappa shape index (κ2) is 5.14. The molecule has 3 rings (SSSR count). The number of ketones is 2. The number of aliphatic hydroxyl groups excluding tert-OH is 1. The summed E-state index contributed by atoms with van der Waals surface area (Å²) in [7, 11) is 0. The van der Waals surface area contributed by atoms with Gasteiger partial charge in [-0.15, -0.1) is 0 Å². The van der Waals surface area contributed by atoms with Gasteiger partial charge in [-0.25, -0.2) is 0 Å². The highest BCUT2D eigenvalue weighted by atomic mass is 16.3. The van der Waals surface area contributed by atoms with Gasteiger partial charge >= 0.3 is 0 Å². The average Bonchev–Trinajstić information content (AvgIpc) is 2.72. The molecule has 0 fully saturated rings. The van der Waals surface area contributed by atoms with Crippen LogP contribution in [0.1, 0.15) is 27.6 Å². The Balaban J connectivity index is 1.94. The number of hydrogen-bond donors (Lipinski definition) is 1. The Bertz CT molecular complexity index is 658. The van der Waals surface area contributed by atoms with E-state index in [-0.39, 0.29) is 17.1 Å². The van der Waals surface area contributed by atoms with Gasteiger partial charge in [-0.05, 0) is 24.6 Å². The molecule has 1 atom stereocenters. The third-order valence-corrected chi connectivity index (χ3v) is 3.53. The van der Waals surface area contributed by atoms with Crippen molar-refractivity contribution in [2.45, 2.75) is 13.0 Å². The first-order valence-corrected chi connectivity index (χ1v) is 6.81. The van der Waals surface area contributed by atoms with Crippen molar-refractivity contribution in [3.63, 3.8) is 0 Å². The topological polar surface area (TPSA) is 57.6 Å². The smallest absolute Gasteiger partial charge is 0.198 e. The van der Waals surface area contributed by atoms with Gasteiger partial charge in [0, 0.05) is 30.1 Å². The molecule has 4 nitrogen and oxygen atoms in total. The van der Waals surface area contributed by atoms with Gasteiger partial charge in [0.2, 0.25) is 0 Å². The molecule has 0 aromatic heterocycles. The largest absolute Gasteiger partial charge is 0.392 e. The van der Waals surface area contributed by atoms with Crippen LogP contribution in [0.2, 0.25) is 0 Å². The number of Topliss-reactive ketones (excluding diaryl/α,β-unsaturated/α-hetero) is 2. The second-order valence-corrected chi connectivity index (χ2v) is 5.21. The fourth-order valence-corrected chi connectivity index (χ4v) is 2.56. The summed E-state index contributed by atoms with van der Waals surface area (Å²) in [6, 6.07) is 6.88. The zero-order valence-electron chi connectivity index (χ0n) is 11.6. The monoisotopic (exact) mass is 281 g/mol. The van der Waals surface area contributed by atoms with Crippen LogP contribution in [0, 0.1) is 0 Å². The van der Waals surface area contributed by atoms with E-state index in [1.807, 2.05) is 4.90 Å². The number of fused-ring (bicyclic) bond motifs is 1. The highest BCUT2D eigenvalue weighted by Crippen LogP contribution is 2.30. The van der Waals surface area contributed by atoms with Gasteiger partial charge in [-0.3, -0.25) is 9.59 Å². The quantitative estimate of drug-likeness (QED) is 0.666. The van der Waals surface area contributed by atoms with Crippen molar-refractivity contribution in [2.24, 2.45) is 0 Å². The lowest BCUT2D eigenvalue weighted by Crippen LogP contribution is -2.23. The van der Waals surface area contributed by atoms with Crippen molar-refractivity contribution < 1.29 is 14.7 Å². The van der Waals surface area contributed by atoms with E-state index in [2.05, 4.69) is 0 Å². The average molecular weight is 281 g/mol. The van der Waals surface area contributed by atoms with Gasteiger partial charge in [-0.2, -0.15) is 0 Å². The minimum atomic E-state index is -0.451. The number of β-amino-alcohol motifs (C(OH)–C–C–N with tert-alkyl or cyclic N) is 1. The lowest BCUT2D eigenvalue weighted by atomic mass is 10.0. The maximum Gasteiger partial charge on any atom is 0.198 e. The van der Waals surface area contributed by atoms with Crippen LogP contribution in [0.3, 0.4) is 0 Å². The van der Waals surface area contributed by atoms with E-state index in [1.165, 1.54) is 0 Å². The predicted molar refractivity (Wildman–Crippen MR) is 78.8 cm³/mol. The van der Waals surface area contributed by atoms with Crippen LogP contribution in [0.4, 0.5) is 0 Å². The molecule has 1 N–H and O–H groups in total. The molecule has 1 aromatic carbocycles. The number of carbonyl (C=O) groups excluding carboxylic acids is 2. The summed E-state index contributed by atoms with van der Waals surface area (Å²) >= 11 is 0. The summed E-state index contributed by atoms with van der Waals surface area (Å²) in [4.78, 5) is 26.5. The lowest BCUT2D eigenvalue weighted by molar-refractivity contribution is 0.0987. The van der Waals surface area contributed by atoms with Gasteiger partial charge in [0.15, 0.2) is 11.6 Å². The zero-order chi connectivity index (χ0) is 15.0. The molecule has 0 bridgehead atoms. The van der Waals surface area contributed by atoms with Crippen molar-refractivity contribution in [3.8, 4) is 0 Å². The minimum absolute atomic E-state index is 0.219. The van der Waals surface area contributed by atoms with Crippen molar-refractivity contribution in [3.05, 3.63) is 71.1 Å². The number of benzene rings is 1. The Labute approximate surface area is 122 Å². The van der Waals surface area contributed by atoms with Crippen molar-refractivity contribution in [1.82, 2.24) is 4.90 Å². The first kappa shape index (κ1) is 13.5. The molecule has 1 aliphatic carbocycles. The summed E-state index contributed by atoms with van der Waals surface area (Å²) < 4.78 is 0. The van der Waals surface area contributed by atoms with E-state index in [1.54, 1.807) is 55.7 Å². The molecular formula is C17H15NO3. The SMILES string of the molecule is CC(O)CN1C=CC(=C2C(=O)c3ccccc3C2=O)C=C1. The van der Waals surface area contributed by atoms with E-state index in [0.717, 1.165) is 0 Å². The normalized spacial score (nSPS) is 18.5. The molecule has 1 aliphatic heterocycles. The third-order valence-electron chi connectivity index (χ3n) is 3.53. The number of rotatable bonds is 2. The Morgan fingerprint density at radius 3 is 2.05 bits per heavy atom. The number of nitrogens with zero attached hydrogens (tertiary/aromatic N) is 1. The van der Waals surface area contributed by atoms with Crippen LogP contribution in [0.5, 0.6) is 0 Å². The standard InChI is InChI=1S/C17H15NO3/c1-11(19)10-18-8-6-12(7-9-18)15-16(20)13-4-2-3-5-14(13)17(15)21/h2-9,11,19H,10H2,1H3. The first-order chi connectivity index (χ1) is 10.1. The summed E-state index contributed by atoms with van der Waals surface area (Å²) in [5, 5.41) is 9.35. The maximum absolute atomic E-state index is 12.4. The van der Waals surface area contributed by atoms with Gasteiger partial charge in [0.25, 0.3) is 0 Å². The highest BCUT2D eigenvalue weighted by Gasteiger charge is 2.34. The number of carbonyl (C=O) groups is 2. The molecule has 0 saturated carbocycles. The van der Waals surface area contributed by atoms with Crippen LogP contribution < -0.4 is 0 Å². The Kier molecular flexibility index (Phi) is 3.31. The van der Waals surface area contributed by atoms with Crippen LogP contribution in [-0.4, -0.2) is 34.2 Å². The van der Waals surface area contributed by atoms with Crippen molar-refractivity contribution in [2.75, 3.05) is 6.54 Å². The molecule has 1 aromatic rings. The van der Waals surface area contributed by atoms with E-state index in [9.17, 15) is 14.7 Å². The number of hydrogen-bond acceptors (Lipinski definition) is 4. The highest BCUT2D eigenvalue weighted by molar-refractivity contribution is 6.40. The zero-order valence-corrected chi connectivity index (χ0v) is 11.6. The molecule has 4 heteroatoms. The second-order valence-electron chi connectivity index (χ2n) is 5.21. The summed E-state index contributed by atoms with van der Waals surface area (Å²) in [6.45, 7) is 2.17. The van der Waals surface area contributed by atoms with E-state index in [0.29, 0.717) is 23.2 Å². The minimum Gasteiger partial charge on any atom is -0.392 e. The van der Waals surface area contributed by atoms with E-state index < -0.39 is 6.10 Å². The number of aliphatic hydroxyl groups is 1. The molecule has 0 spiro atoms. The van der Waals surface area contributed by atoms with Gasteiger partial charge < -0.3 is 10.0 Å². The van der Waals surface area contributed by atoms with Crippen LogP contribution in [0.15, 0.2) is 60.0 Å². The molecule has 21 heavy (non-hydrogen) atoms. The van der Waals surface area contributed by atoms with Crippen molar-refractivity contribution >= 4 is 11.6 Å². The predicted octanol–water partition coefficient (Wildman–Crippen LogP) is 2.09. The maximum atomic E-state index is 12.4. The Hall–Kier alpha value is -2.46. The first-order valence-electron chi connectivity index (χ1n) is 6.81. The summed E-state index contributed by atoms with van der Waals surface area (Å²) in [6.07, 6.45) is 6.54. The third kappa shape index (κ3) is 2.34. The summed E-state index contributed by atoms with van der Waals surface area (Å²) in [5.74, 6) is -0.437. The molecule has 0 radical (unpaired) electrons. The molecule has 106 valence electrons. The van der Waals surface area contributed by atoms with Crippen LogP contribution >= 0.6 is 0 Å². The Morgan fingerprint density at radius 2 is 1.57 bits per heavy atom. The summed E-state index contributed by atoms with van der Waals surface area (Å²) in [5.41, 5.74) is 1.78. The van der Waals surface area contributed by atoms with Crippen LogP contribution in [0.25, 0.3) is 0 Å². The van der Waals surface area contributed by atoms with E-state index in [4.69, 9.17) is 0 Å². The van der Waals surface area contributed by atoms with Crippen molar-refractivity contribution in [1.29, 1.82) is 0 Å². The molecule has 0 saturated heterocycles.